The number of thiazole rings is 1. The Morgan fingerprint density at radius 2 is 2.33 bits per heavy atom. The molecule has 3 heterocycles. The predicted molar refractivity (Wildman–Crippen MR) is 85.8 cm³/mol. The molecule has 6 nitrogen and oxygen atoms in total. The molecule has 0 aromatic carbocycles. The summed E-state index contributed by atoms with van der Waals surface area (Å²) in [6, 6.07) is 0.242. The van der Waals surface area contributed by atoms with Crippen LogP contribution >= 0.6 is 23.7 Å². The van der Waals surface area contributed by atoms with Crippen LogP contribution in [-0.4, -0.2) is 39.8 Å². The Labute approximate surface area is 134 Å². The molecular weight excluding hydrogens is 310 g/mol. The van der Waals surface area contributed by atoms with Crippen LogP contribution in [0.5, 0.6) is 0 Å². The third-order valence-electron chi connectivity index (χ3n) is 3.69. The first-order valence-electron chi connectivity index (χ1n) is 6.68. The van der Waals surface area contributed by atoms with E-state index in [4.69, 9.17) is 10.5 Å². The fourth-order valence-electron chi connectivity index (χ4n) is 2.74. The molecule has 2 aromatic rings. The number of aromatic amines is 1. The molecule has 1 aliphatic rings. The van der Waals surface area contributed by atoms with E-state index in [1.54, 1.807) is 11.3 Å². The van der Waals surface area contributed by atoms with Crippen LogP contribution in [0.1, 0.15) is 27.9 Å². The Morgan fingerprint density at radius 3 is 2.95 bits per heavy atom. The van der Waals surface area contributed by atoms with E-state index in [0.717, 1.165) is 31.1 Å². The molecule has 0 bridgehead atoms. The average molecular weight is 330 g/mol. The lowest BCUT2D eigenvalue weighted by molar-refractivity contribution is -0.0127. The van der Waals surface area contributed by atoms with Gasteiger partial charge in [-0.2, -0.15) is 5.10 Å². The van der Waals surface area contributed by atoms with Crippen molar-refractivity contribution in [2.45, 2.75) is 26.4 Å². The summed E-state index contributed by atoms with van der Waals surface area (Å²) in [6.07, 6.45) is 1.86. The number of hydrogen-bond acceptors (Lipinski definition) is 6. The number of H-pyrrole nitrogens is 1. The van der Waals surface area contributed by atoms with Gasteiger partial charge in [0.25, 0.3) is 0 Å². The molecule has 2 aromatic heterocycles. The van der Waals surface area contributed by atoms with Gasteiger partial charge in [-0.1, -0.05) is 0 Å². The zero-order chi connectivity index (χ0) is 14.1. The van der Waals surface area contributed by atoms with Gasteiger partial charge in [-0.15, -0.1) is 23.7 Å². The van der Waals surface area contributed by atoms with Gasteiger partial charge in [0.05, 0.1) is 24.9 Å². The van der Waals surface area contributed by atoms with E-state index in [2.05, 4.69) is 27.0 Å². The molecule has 1 aliphatic heterocycles. The SMILES string of the molecule is Cc1n[nH]c(C)c1C1COCCN1Cc1cnc(N)s1.Cl. The molecule has 3 rings (SSSR count). The molecule has 0 amide bonds. The second-order valence-electron chi connectivity index (χ2n) is 5.07. The first kappa shape index (κ1) is 16.2. The highest BCUT2D eigenvalue weighted by Gasteiger charge is 2.28. The monoisotopic (exact) mass is 329 g/mol. The topological polar surface area (TPSA) is 80.1 Å². The molecule has 0 saturated carbocycles. The number of nitrogen functional groups attached to an aromatic ring is 1. The van der Waals surface area contributed by atoms with Gasteiger partial charge in [-0.25, -0.2) is 4.98 Å². The van der Waals surface area contributed by atoms with Crippen LogP contribution < -0.4 is 5.73 Å². The Balaban J connectivity index is 0.00000161. The van der Waals surface area contributed by atoms with Crippen LogP contribution in [0.15, 0.2) is 6.20 Å². The highest BCUT2D eigenvalue weighted by Crippen LogP contribution is 2.30. The van der Waals surface area contributed by atoms with E-state index in [-0.39, 0.29) is 18.4 Å². The number of rotatable bonds is 3. The zero-order valence-electron chi connectivity index (χ0n) is 12.1. The molecule has 21 heavy (non-hydrogen) atoms. The Morgan fingerprint density at radius 1 is 1.52 bits per heavy atom. The van der Waals surface area contributed by atoms with Crippen molar-refractivity contribution in [2.75, 3.05) is 25.5 Å². The van der Waals surface area contributed by atoms with Gasteiger partial charge in [-0.3, -0.25) is 10.00 Å². The third kappa shape index (κ3) is 3.37. The quantitative estimate of drug-likeness (QED) is 0.901. The van der Waals surface area contributed by atoms with Crippen LogP contribution in [0.2, 0.25) is 0 Å². The summed E-state index contributed by atoms with van der Waals surface area (Å²) in [4.78, 5) is 7.73. The van der Waals surface area contributed by atoms with Crippen molar-refractivity contribution in [2.24, 2.45) is 0 Å². The van der Waals surface area contributed by atoms with E-state index in [1.807, 2.05) is 13.1 Å². The second-order valence-corrected chi connectivity index (χ2v) is 6.22. The van der Waals surface area contributed by atoms with Crippen LogP contribution in [-0.2, 0) is 11.3 Å². The van der Waals surface area contributed by atoms with Crippen molar-refractivity contribution in [1.29, 1.82) is 0 Å². The van der Waals surface area contributed by atoms with Gasteiger partial charge in [0, 0.05) is 35.4 Å². The maximum atomic E-state index is 5.71. The Bertz CT molecular complexity index is 580. The molecule has 0 spiro atoms. The van der Waals surface area contributed by atoms with Crippen molar-refractivity contribution in [3.05, 3.63) is 28.0 Å². The minimum atomic E-state index is 0. The molecule has 1 fully saturated rings. The lowest BCUT2D eigenvalue weighted by Gasteiger charge is -2.35. The summed E-state index contributed by atoms with van der Waals surface area (Å²) in [7, 11) is 0. The minimum Gasteiger partial charge on any atom is -0.378 e. The fraction of sp³-hybridized carbons (Fsp3) is 0.538. The Hall–Kier alpha value is -1.15. The number of hydrogen-bond donors (Lipinski definition) is 2. The highest BCUT2D eigenvalue weighted by atomic mass is 35.5. The second kappa shape index (κ2) is 6.74. The minimum absolute atomic E-state index is 0. The first-order chi connectivity index (χ1) is 9.65. The van der Waals surface area contributed by atoms with Crippen molar-refractivity contribution in [3.63, 3.8) is 0 Å². The molecule has 0 aliphatic carbocycles. The molecule has 8 heteroatoms. The standard InChI is InChI=1S/C13H19N5OS.ClH/c1-8-12(9(2)17-16-8)11-7-19-4-3-18(11)6-10-5-15-13(14)20-10;/h5,11H,3-4,6-7H2,1-2H3,(H2,14,15)(H,16,17);1H. The van der Waals surface area contributed by atoms with Gasteiger partial charge >= 0.3 is 0 Å². The molecule has 0 radical (unpaired) electrons. The maximum absolute atomic E-state index is 5.71. The van der Waals surface area contributed by atoms with Crippen LogP contribution in [0.4, 0.5) is 5.13 Å². The molecule has 116 valence electrons. The number of morpholine rings is 1. The molecular formula is C13H20ClN5OS. The summed E-state index contributed by atoms with van der Waals surface area (Å²) in [6.45, 7) is 7.33. The molecule has 1 saturated heterocycles. The molecule has 1 unspecified atom stereocenters. The van der Waals surface area contributed by atoms with Crippen molar-refractivity contribution in [3.8, 4) is 0 Å². The van der Waals surface area contributed by atoms with Gasteiger partial charge in [0.1, 0.15) is 0 Å². The number of ether oxygens (including phenoxy) is 1. The fourth-order valence-corrected chi connectivity index (χ4v) is 3.45. The lowest BCUT2D eigenvalue weighted by atomic mass is 10.0. The Kier molecular flexibility index (Phi) is 5.21. The van der Waals surface area contributed by atoms with E-state index >= 15 is 0 Å². The summed E-state index contributed by atoms with van der Waals surface area (Å²) in [5.41, 5.74) is 9.13. The van der Waals surface area contributed by atoms with Gasteiger partial charge in [0.2, 0.25) is 0 Å². The third-order valence-corrected chi connectivity index (χ3v) is 4.50. The van der Waals surface area contributed by atoms with Gasteiger partial charge in [0.15, 0.2) is 5.13 Å². The molecule has 3 N–H and O–H groups in total. The zero-order valence-corrected chi connectivity index (χ0v) is 13.8. The largest absolute Gasteiger partial charge is 0.378 e. The number of halogens is 1. The van der Waals surface area contributed by atoms with E-state index < -0.39 is 0 Å². The number of nitrogens with one attached hydrogen (secondary N) is 1. The van der Waals surface area contributed by atoms with E-state index in [0.29, 0.717) is 11.7 Å². The maximum Gasteiger partial charge on any atom is 0.180 e. The smallest absolute Gasteiger partial charge is 0.180 e. The summed E-state index contributed by atoms with van der Waals surface area (Å²) < 4.78 is 5.67. The number of aromatic nitrogens is 3. The number of anilines is 1. The number of aryl methyl sites for hydroxylation is 2. The van der Waals surface area contributed by atoms with Gasteiger partial charge < -0.3 is 10.5 Å². The van der Waals surface area contributed by atoms with E-state index in [9.17, 15) is 0 Å². The highest BCUT2D eigenvalue weighted by molar-refractivity contribution is 7.15. The van der Waals surface area contributed by atoms with Crippen molar-refractivity contribution in [1.82, 2.24) is 20.1 Å². The van der Waals surface area contributed by atoms with Gasteiger partial charge in [-0.05, 0) is 13.8 Å². The van der Waals surface area contributed by atoms with Crippen LogP contribution in [0.25, 0.3) is 0 Å². The lowest BCUT2D eigenvalue weighted by Crippen LogP contribution is -2.39. The van der Waals surface area contributed by atoms with Crippen LogP contribution in [0, 0.1) is 13.8 Å². The number of nitrogens with two attached hydrogens (primary N) is 1. The first-order valence-corrected chi connectivity index (χ1v) is 7.50. The normalized spacial score (nSPS) is 19.4. The average Bonchev–Trinajstić information content (AvgIpc) is 2.98. The van der Waals surface area contributed by atoms with Crippen molar-refractivity contribution >= 4 is 28.9 Å². The number of nitrogens with zero attached hydrogens (tertiary/aromatic N) is 3. The molecule has 1 atom stereocenters. The summed E-state index contributed by atoms with van der Waals surface area (Å²) >= 11 is 1.55. The summed E-state index contributed by atoms with van der Waals surface area (Å²) in [5.74, 6) is 0. The van der Waals surface area contributed by atoms with E-state index in [1.165, 1.54) is 10.4 Å². The van der Waals surface area contributed by atoms with Crippen molar-refractivity contribution < 1.29 is 4.74 Å². The van der Waals surface area contributed by atoms with Crippen LogP contribution in [0.3, 0.4) is 0 Å². The summed E-state index contributed by atoms with van der Waals surface area (Å²) in [5, 5.41) is 7.99. The predicted octanol–water partition coefficient (Wildman–Crippen LogP) is 2.06.